The van der Waals surface area contributed by atoms with E-state index in [9.17, 15) is 9.59 Å². The van der Waals surface area contributed by atoms with Crippen molar-refractivity contribution in [3.05, 3.63) is 81.0 Å². The van der Waals surface area contributed by atoms with Crippen molar-refractivity contribution in [2.45, 2.75) is 12.5 Å². The third-order valence-corrected chi connectivity index (χ3v) is 6.07. The van der Waals surface area contributed by atoms with Gasteiger partial charge in [-0.15, -0.1) is 0 Å². The Kier molecular flexibility index (Phi) is 5.04. The molecule has 0 saturated carbocycles. The molecule has 7 heteroatoms. The van der Waals surface area contributed by atoms with E-state index in [4.69, 9.17) is 23.2 Å². The van der Waals surface area contributed by atoms with Gasteiger partial charge in [0, 0.05) is 13.6 Å². The minimum absolute atomic E-state index is 0.0844. The Morgan fingerprint density at radius 3 is 2.57 bits per heavy atom. The molecular weight excluding hydrogens is 397 g/mol. The van der Waals surface area contributed by atoms with Crippen LogP contribution in [0, 0.1) is 0 Å². The van der Waals surface area contributed by atoms with Gasteiger partial charge in [0.25, 0.3) is 5.91 Å². The first-order chi connectivity index (χ1) is 13.5. The molecule has 2 aliphatic heterocycles. The number of likely N-dealkylation sites (N-methyl/N-ethyl adjacent to an activating group) is 1. The van der Waals surface area contributed by atoms with Crippen molar-refractivity contribution in [2.75, 3.05) is 20.1 Å². The van der Waals surface area contributed by atoms with Crippen molar-refractivity contribution in [1.82, 2.24) is 15.1 Å². The first-order valence-electron chi connectivity index (χ1n) is 9.01. The van der Waals surface area contributed by atoms with Crippen molar-refractivity contribution in [3.8, 4) is 0 Å². The van der Waals surface area contributed by atoms with E-state index < -0.39 is 6.04 Å². The molecule has 2 aliphatic rings. The van der Waals surface area contributed by atoms with Crippen LogP contribution in [-0.2, 0) is 11.2 Å². The molecule has 0 saturated heterocycles. The second-order valence-electron chi connectivity index (χ2n) is 6.91. The van der Waals surface area contributed by atoms with Crippen LogP contribution in [0.4, 0.5) is 4.79 Å². The number of nitrogens with zero attached hydrogens (tertiary/aromatic N) is 2. The van der Waals surface area contributed by atoms with Crippen LogP contribution in [0.5, 0.6) is 0 Å². The highest BCUT2D eigenvalue weighted by atomic mass is 35.5. The Hall–Kier alpha value is -2.50. The predicted molar refractivity (Wildman–Crippen MR) is 109 cm³/mol. The Bertz CT molecular complexity index is 975. The highest BCUT2D eigenvalue weighted by Crippen LogP contribution is 2.39. The topological polar surface area (TPSA) is 52.7 Å². The summed E-state index contributed by atoms with van der Waals surface area (Å²) in [6.45, 7) is 0.980. The predicted octanol–water partition coefficient (Wildman–Crippen LogP) is 4.03. The highest BCUT2D eigenvalue weighted by molar-refractivity contribution is 6.42. The maximum atomic E-state index is 13.2. The fraction of sp³-hybridized carbons (Fsp3) is 0.238. The number of carbonyl (C=O) groups is 2. The number of halogens is 2. The van der Waals surface area contributed by atoms with Gasteiger partial charge in [0.05, 0.1) is 33.9 Å². The van der Waals surface area contributed by atoms with Gasteiger partial charge in [0.15, 0.2) is 0 Å². The Morgan fingerprint density at radius 1 is 1.07 bits per heavy atom. The molecule has 1 N–H and O–H groups in total. The lowest BCUT2D eigenvalue weighted by Crippen LogP contribution is -2.45. The monoisotopic (exact) mass is 415 g/mol. The second-order valence-corrected chi connectivity index (χ2v) is 7.69. The molecule has 0 bridgehead atoms. The third-order valence-electron chi connectivity index (χ3n) is 5.24. The molecule has 0 aromatic heterocycles. The van der Waals surface area contributed by atoms with Gasteiger partial charge >= 0.3 is 6.03 Å². The lowest BCUT2D eigenvalue weighted by atomic mass is 9.95. The van der Waals surface area contributed by atoms with Crippen LogP contribution in [0.3, 0.4) is 0 Å². The number of hydrogen-bond donors (Lipinski definition) is 1. The summed E-state index contributed by atoms with van der Waals surface area (Å²) in [5.41, 5.74) is 3.06. The number of hydrogen-bond acceptors (Lipinski definition) is 2. The summed E-state index contributed by atoms with van der Waals surface area (Å²) < 4.78 is 0. The fourth-order valence-electron chi connectivity index (χ4n) is 3.69. The lowest BCUT2D eigenvalue weighted by Gasteiger charge is -2.31. The second kappa shape index (κ2) is 7.49. The molecule has 4 rings (SSSR count). The first kappa shape index (κ1) is 18.8. The molecular formula is C21H19Cl2N3O2. The average molecular weight is 416 g/mol. The molecule has 2 aromatic rings. The lowest BCUT2D eigenvalue weighted by molar-refractivity contribution is -0.125. The maximum Gasteiger partial charge on any atom is 0.322 e. The highest BCUT2D eigenvalue weighted by Gasteiger charge is 2.43. The van der Waals surface area contributed by atoms with Crippen molar-refractivity contribution in [1.29, 1.82) is 0 Å². The van der Waals surface area contributed by atoms with Gasteiger partial charge in [-0.3, -0.25) is 9.69 Å². The number of benzene rings is 2. The van der Waals surface area contributed by atoms with E-state index >= 15 is 0 Å². The van der Waals surface area contributed by atoms with Crippen LogP contribution in [0.15, 0.2) is 59.8 Å². The van der Waals surface area contributed by atoms with Crippen LogP contribution < -0.4 is 5.32 Å². The van der Waals surface area contributed by atoms with Crippen LogP contribution in [0.25, 0.3) is 0 Å². The SMILES string of the molecule is CN1C(=O)NC(c2cccc(Cl)c2Cl)C2=C1CN(CCc1ccccc1)C2=O. The van der Waals surface area contributed by atoms with Gasteiger partial charge in [-0.05, 0) is 23.6 Å². The zero-order valence-corrected chi connectivity index (χ0v) is 16.8. The van der Waals surface area contributed by atoms with Crippen LogP contribution >= 0.6 is 23.2 Å². The van der Waals surface area contributed by atoms with Gasteiger partial charge in [0.1, 0.15) is 0 Å². The molecule has 0 fully saturated rings. The first-order valence-corrected chi connectivity index (χ1v) is 9.77. The largest absolute Gasteiger partial charge is 0.333 e. The quantitative estimate of drug-likeness (QED) is 0.819. The van der Waals surface area contributed by atoms with Crippen molar-refractivity contribution in [3.63, 3.8) is 0 Å². The smallest absolute Gasteiger partial charge is 0.322 e. The number of carbonyl (C=O) groups excluding carboxylic acids is 2. The van der Waals surface area contributed by atoms with E-state index in [1.807, 2.05) is 30.3 Å². The summed E-state index contributed by atoms with van der Waals surface area (Å²) in [5, 5.41) is 3.62. The van der Waals surface area contributed by atoms with E-state index in [0.29, 0.717) is 40.0 Å². The molecule has 5 nitrogen and oxygen atoms in total. The molecule has 2 aromatic carbocycles. The number of rotatable bonds is 4. The van der Waals surface area contributed by atoms with E-state index in [1.165, 1.54) is 4.90 Å². The molecule has 1 atom stereocenters. The molecule has 0 spiro atoms. The van der Waals surface area contributed by atoms with Gasteiger partial charge in [-0.25, -0.2) is 4.79 Å². The van der Waals surface area contributed by atoms with Gasteiger partial charge < -0.3 is 10.2 Å². The standard InChI is InChI=1S/C21H19Cl2N3O2/c1-25-16-12-26(11-10-13-6-3-2-4-7-13)20(27)17(16)19(24-21(25)28)14-8-5-9-15(22)18(14)23/h2-9,19H,10-12H2,1H3,(H,24,28). The minimum Gasteiger partial charge on any atom is -0.333 e. The molecule has 28 heavy (non-hydrogen) atoms. The van der Waals surface area contributed by atoms with Crippen LogP contribution in [-0.4, -0.2) is 41.9 Å². The van der Waals surface area contributed by atoms with E-state index in [2.05, 4.69) is 5.32 Å². The summed E-state index contributed by atoms with van der Waals surface area (Å²) in [6, 6.07) is 14.4. The number of amides is 3. The van der Waals surface area contributed by atoms with E-state index in [-0.39, 0.29) is 11.9 Å². The molecule has 3 amide bonds. The zero-order valence-electron chi connectivity index (χ0n) is 15.3. The van der Waals surface area contributed by atoms with Crippen LogP contribution in [0.1, 0.15) is 17.2 Å². The fourth-order valence-corrected chi connectivity index (χ4v) is 4.11. The molecule has 144 valence electrons. The van der Waals surface area contributed by atoms with Crippen LogP contribution in [0.2, 0.25) is 10.0 Å². The normalized spacial score (nSPS) is 19.2. The van der Waals surface area contributed by atoms with E-state index in [1.54, 1.807) is 30.1 Å². The number of nitrogens with one attached hydrogen (secondary N) is 1. The molecule has 0 radical (unpaired) electrons. The van der Waals surface area contributed by atoms with Crippen molar-refractivity contribution < 1.29 is 9.59 Å². The molecule has 2 heterocycles. The molecule has 0 aliphatic carbocycles. The summed E-state index contributed by atoms with van der Waals surface area (Å²) in [4.78, 5) is 29.0. The Morgan fingerprint density at radius 2 is 1.82 bits per heavy atom. The summed E-state index contributed by atoms with van der Waals surface area (Å²) in [6.07, 6.45) is 0.751. The maximum absolute atomic E-state index is 13.2. The average Bonchev–Trinajstić information content (AvgIpc) is 3.03. The summed E-state index contributed by atoms with van der Waals surface area (Å²) in [7, 11) is 1.68. The Balaban J connectivity index is 1.63. The van der Waals surface area contributed by atoms with Gasteiger partial charge in [-0.2, -0.15) is 0 Å². The van der Waals surface area contributed by atoms with Crippen molar-refractivity contribution >= 4 is 35.1 Å². The number of urea groups is 1. The van der Waals surface area contributed by atoms with Gasteiger partial charge in [-0.1, -0.05) is 65.7 Å². The van der Waals surface area contributed by atoms with E-state index in [0.717, 1.165) is 12.0 Å². The Labute approximate surface area is 173 Å². The third kappa shape index (κ3) is 3.25. The van der Waals surface area contributed by atoms with Gasteiger partial charge in [0.2, 0.25) is 0 Å². The summed E-state index contributed by atoms with van der Waals surface area (Å²) >= 11 is 12.5. The zero-order chi connectivity index (χ0) is 19.8. The summed E-state index contributed by atoms with van der Waals surface area (Å²) in [5.74, 6) is -0.0844. The molecule has 1 unspecified atom stereocenters. The van der Waals surface area contributed by atoms with Crippen molar-refractivity contribution in [2.24, 2.45) is 0 Å². The minimum atomic E-state index is -0.612.